The standard InChI is InChI=1S/C6H5NO5S/c8-4-2-1-3-13(7-4)11-5(9)6(10)12-13/h1,3H,2H2,(H,7,8). The molecule has 2 aliphatic heterocycles. The summed E-state index contributed by atoms with van der Waals surface area (Å²) < 4.78 is 11.6. The number of carbonyl (C=O) groups is 3. The molecule has 6 nitrogen and oxygen atoms in total. The Morgan fingerprint density at radius 2 is 1.85 bits per heavy atom. The number of carbonyl (C=O) groups excluding carboxylic acids is 3. The molecule has 2 aliphatic rings. The van der Waals surface area contributed by atoms with Crippen molar-refractivity contribution in [1.29, 1.82) is 0 Å². The zero-order valence-corrected chi connectivity index (χ0v) is 7.13. The molecule has 2 rings (SSSR count). The second-order valence-corrected chi connectivity index (χ2v) is 4.29. The van der Waals surface area contributed by atoms with E-state index in [4.69, 9.17) is 0 Å². The molecule has 0 aromatic rings. The van der Waals surface area contributed by atoms with E-state index in [1.54, 1.807) is 0 Å². The predicted octanol–water partition coefficient (Wildman–Crippen LogP) is -0.330. The van der Waals surface area contributed by atoms with Crippen LogP contribution in [-0.2, 0) is 22.7 Å². The maximum Gasteiger partial charge on any atom is 0.443 e. The van der Waals surface area contributed by atoms with E-state index in [0.29, 0.717) is 0 Å². The summed E-state index contributed by atoms with van der Waals surface area (Å²) in [6.45, 7) is 0. The van der Waals surface area contributed by atoms with Crippen molar-refractivity contribution in [2.75, 3.05) is 0 Å². The minimum Gasteiger partial charge on any atom is -0.311 e. The van der Waals surface area contributed by atoms with Crippen LogP contribution in [0.15, 0.2) is 11.5 Å². The molecule has 1 spiro atoms. The Morgan fingerprint density at radius 1 is 1.23 bits per heavy atom. The van der Waals surface area contributed by atoms with Gasteiger partial charge in [-0.25, -0.2) is 14.3 Å². The van der Waals surface area contributed by atoms with E-state index in [2.05, 4.69) is 13.1 Å². The average Bonchev–Trinajstić information content (AvgIpc) is 2.26. The lowest BCUT2D eigenvalue weighted by Crippen LogP contribution is -2.29. The highest BCUT2D eigenvalue weighted by Gasteiger charge is 2.42. The van der Waals surface area contributed by atoms with Gasteiger partial charge in [0.1, 0.15) is 0 Å². The molecule has 0 radical (unpaired) electrons. The third-order valence-corrected chi connectivity index (χ3v) is 3.26. The van der Waals surface area contributed by atoms with Crippen LogP contribution >= 0.6 is 10.8 Å². The van der Waals surface area contributed by atoms with E-state index in [1.807, 2.05) is 0 Å². The van der Waals surface area contributed by atoms with Crippen molar-refractivity contribution in [3.63, 3.8) is 0 Å². The number of hydrogen-bond acceptors (Lipinski definition) is 5. The summed E-state index contributed by atoms with van der Waals surface area (Å²) >= 11 is 0. The summed E-state index contributed by atoms with van der Waals surface area (Å²) in [7, 11) is -2.59. The Balaban J connectivity index is 2.28. The molecule has 0 aromatic carbocycles. The van der Waals surface area contributed by atoms with Crippen LogP contribution in [0.25, 0.3) is 0 Å². The number of amides is 1. The van der Waals surface area contributed by atoms with E-state index < -0.39 is 22.7 Å². The zero-order chi connectivity index (χ0) is 9.47. The molecule has 70 valence electrons. The summed E-state index contributed by atoms with van der Waals surface area (Å²) in [5, 5.41) is 1.40. The number of nitrogens with one attached hydrogen (secondary N) is 1. The summed E-state index contributed by atoms with van der Waals surface area (Å²) in [5.74, 6) is -2.47. The Kier molecular flexibility index (Phi) is 1.56. The molecule has 13 heavy (non-hydrogen) atoms. The molecule has 7 heteroatoms. The monoisotopic (exact) mass is 203 g/mol. The van der Waals surface area contributed by atoms with Gasteiger partial charge in [0.2, 0.25) is 5.91 Å². The van der Waals surface area contributed by atoms with Gasteiger partial charge in [-0.15, -0.1) is 0 Å². The highest BCUT2D eigenvalue weighted by Crippen LogP contribution is 2.53. The van der Waals surface area contributed by atoms with Crippen LogP contribution in [0.4, 0.5) is 0 Å². The first-order valence-electron chi connectivity index (χ1n) is 3.39. The quantitative estimate of drug-likeness (QED) is 0.545. The summed E-state index contributed by atoms with van der Waals surface area (Å²) in [6.07, 6.45) is 1.70. The topological polar surface area (TPSA) is 81.7 Å². The SMILES string of the molecule is O=C1CC=CS2(N1)OC(=O)C(=O)O2. The Hall–Kier alpha value is -1.50. The molecule has 0 unspecified atom stereocenters. The molecular weight excluding hydrogens is 198 g/mol. The van der Waals surface area contributed by atoms with Crippen molar-refractivity contribution in [2.24, 2.45) is 0 Å². The summed E-state index contributed by atoms with van der Waals surface area (Å²) in [5.41, 5.74) is 0. The smallest absolute Gasteiger partial charge is 0.311 e. The first kappa shape index (κ1) is 8.11. The van der Waals surface area contributed by atoms with Gasteiger partial charge < -0.3 is 8.37 Å². The van der Waals surface area contributed by atoms with E-state index in [0.717, 1.165) is 0 Å². The normalized spacial score (nSPS) is 26.6. The molecule has 1 saturated heterocycles. The van der Waals surface area contributed by atoms with Crippen LogP contribution in [0.3, 0.4) is 0 Å². The van der Waals surface area contributed by atoms with E-state index in [9.17, 15) is 14.4 Å². The molecule has 0 bridgehead atoms. The average molecular weight is 203 g/mol. The van der Waals surface area contributed by atoms with Gasteiger partial charge in [0.15, 0.2) is 0 Å². The highest BCUT2D eigenvalue weighted by atomic mass is 32.3. The van der Waals surface area contributed by atoms with Crippen LogP contribution in [0, 0.1) is 0 Å². The minimum absolute atomic E-state index is 0.198. The first-order chi connectivity index (χ1) is 6.11. The van der Waals surface area contributed by atoms with E-state index in [-0.39, 0.29) is 12.3 Å². The number of hydrogen-bond donors (Lipinski definition) is 1. The van der Waals surface area contributed by atoms with Gasteiger partial charge in [0, 0.05) is 6.42 Å². The van der Waals surface area contributed by atoms with Gasteiger partial charge in [-0.3, -0.25) is 4.79 Å². The van der Waals surface area contributed by atoms with Crippen molar-refractivity contribution in [3.05, 3.63) is 11.5 Å². The molecule has 0 atom stereocenters. The van der Waals surface area contributed by atoms with Crippen molar-refractivity contribution in [2.45, 2.75) is 6.42 Å². The van der Waals surface area contributed by atoms with Gasteiger partial charge in [0.05, 0.1) is 5.41 Å². The zero-order valence-electron chi connectivity index (χ0n) is 6.31. The van der Waals surface area contributed by atoms with Gasteiger partial charge in [-0.05, 0) is 10.8 Å². The third kappa shape index (κ3) is 1.26. The fourth-order valence-corrected chi connectivity index (χ4v) is 2.56. The largest absolute Gasteiger partial charge is 0.443 e. The molecule has 0 saturated carbocycles. The maximum atomic E-state index is 10.9. The summed E-state index contributed by atoms with van der Waals surface area (Å²) in [4.78, 5) is 32.3. The predicted molar refractivity (Wildman–Crippen MR) is 41.7 cm³/mol. The molecule has 0 aromatic heterocycles. The van der Waals surface area contributed by atoms with Crippen molar-refractivity contribution >= 4 is 28.6 Å². The van der Waals surface area contributed by atoms with Crippen LogP contribution in [0.5, 0.6) is 0 Å². The lowest BCUT2D eigenvalue weighted by Gasteiger charge is -2.33. The Labute approximate surface area is 74.7 Å². The van der Waals surface area contributed by atoms with Crippen molar-refractivity contribution in [1.82, 2.24) is 4.72 Å². The number of rotatable bonds is 0. The lowest BCUT2D eigenvalue weighted by atomic mass is 10.4. The van der Waals surface area contributed by atoms with E-state index >= 15 is 0 Å². The highest BCUT2D eigenvalue weighted by molar-refractivity contribution is 8.28. The molecule has 1 fully saturated rings. The van der Waals surface area contributed by atoms with Gasteiger partial charge in [0.25, 0.3) is 0 Å². The lowest BCUT2D eigenvalue weighted by molar-refractivity contribution is -0.150. The van der Waals surface area contributed by atoms with Crippen LogP contribution < -0.4 is 4.72 Å². The minimum atomic E-state index is -2.59. The van der Waals surface area contributed by atoms with Crippen molar-refractivity contribution < 1.29 is 22.7 Å². The molecule has 1 N–H and O–H groups in total. The fraction of sp³-hybridized carbons (Fsp3) is 0.167. The third-order valence-electron chi connectivity index (χ3n) is 1.40. The molecule has 0 aliphatic carbocycles. The van der Waals surface area contributed by atoms with Gasteiger partial charge in [-0.1, -0.05) is 6.08 Å². The van der Waals surface area contributed by atoms with Crippen LogP contribution in [0.2, 0.25) is 0 Å². The molecule has 2 heterocycles. The first-order valence-corrected chi connectivity index (χ1v) is 4.94. The maximum absolute atomic E-state index is 10.9. The van der Waals surface area contributed by atoms with Crippen LogP contribution in [0.1, 0.15) is 6.42 Å². The fourth-order valence-electron chi connectivity index (χ4n) is 0.923. The van der Waals surface area contributed by atoms with Gasteiger partial charge in [-0.2, -0.15) is 0 Å². The van der Waals surface area contributed by atoms with Crippen LogP contribution in [-0.4, -0.2) is 17.8 Å². The van der Waals surface area contributed by atoms with Crippen molar-refractivity contribution in [3.8, 4) is 0 Å². The summed E-state index contributed by atoms with van der Waals surface area (Å²) in [6, 6.07) is 0. The molecule has 1 amide bonds. The van der Waals surface area contributed by atoms with Gasteiger partial charge >= 0.3 is 11.9 Å². The Bertz CT molecular complexity index is 320. The second kappa shape index (κ2) is 2.49. The molecular formula is C6H5NO5S. The van der Waals surface area contributed by atoms with E-state index in [1.165, 1.54) is 11.5 Å². The Morgan fingerprint density at radius 3 is 2.38 bits per heavy atom. The second-order valence-electron chi connectivity index (χ2n) is 2.39.